The van der Waals surface area contributed by atoms with E-state index in [-0.39, 0.29) is 11.8 Å². The van der Waals surface area contributed by atoms with Crippen molar-refractivity contribution in [2.75, 3.05) is 11.9 Å². The first-order valence-corrected chi connectivity index (χ1v) is 10.4. The summed E-state index contributed by atoms with van der Waals surface area (Å²) in [7, 11) is 0. The van der Waals surface area contributed by atoms with Gasteiger partial charge in [0.25, 0.3) is 11.8 Å². The number of halogens is 1. The third kappa shape index (κ3) is 3.93. The Bertz CT molecular complexity index is 867. The Balaban J connectivity index is 1.49. The van der Waals surface area contributed by atoms with Gasteiger partial charge in [0.1, 0.15) is 0 Å². The van der Waals surface area contributed by atoms with E-state index >= 15 is 0 Å². The van der Waals surface area contributed by atoms with Gasteiger partial charge in [-0.25, -0.2) is 0 Å². The van der Waals surface area contributed by atoms with Gasteiger partial charge in [-0.3, -0.25) is 9.59 Å². The monoisotopic (exact) mass is 426 g/mol. The molecule has 140 valence electrons. The number of hydrogen-bond donors (Lipinski definition) is 1. The molecule has 2 fully saturated rings. The van der Waals surface area contributed by atoms with E-state index in [0.717, 1.165) is 23.9 Å². The molecular formula is C22H23BrN2O2. The largest absolute Gasteiger partial charge is 0.335 e. The SMILES string of the molecule is O=C(Nc1cccc(C(=O)N2CCC3CCCCC32)c1)c1cccc(Br)c1. The van der Waals surface area contributed by atoms with Crippen LogP contribution in [0.1, 0.15) is 52.8 Å². The first-order chi connectivity index (χ1) is 13.1. The maximum absolute atomic E-state index is 13.1. The van der Waals surface area contributed by atoms with Crippen LogP contribution in [0, 0.1) is 5.92 Å². The Morgan fingerprint density at radius 1 is 0.963 bits per heavy atom. The molecule has 4 nitrogen and oxygen atoms in total. The molecule has 2 aromatic carbocycles. The zero-order valence-electron chi connectivity index (χ0n) is 15.2. The predicted octanol–water partition coefficient (Wildman–Crippen LogP) is 5.11. The van der Waals surface area contributed by atoms with Crippen molar-refractivity contribution in [1.29, 1.82) is 0 Å². The van der Waals surface area contributed by atoms with E-state index in [0.29, 0.717) is 28.8 Å². The molecule has 1 heterocycles. The average Bonchev–Trinajstić information content (AvgIpc) is 3.12. The normalized spacial score (nSPS) is 21.6. The maximum Gasteiger partial charge on any atom is 0.255 e. The van der Waals surface area contributed by atoms with Gasteiger partial charge < -0.3 is 10.2 Å². The van der Waals surface area contributed by atoms with E-state index in [9.17, 15) is 9.59 Å². The lowest BCUT2D eigenvalue weighted by molar-refractivity contribution is 0.0690. The molecule has 2 unspecified atom stereocenters. The van der Waals surface area contributed by atoms with Crippen LogP contribution in [-0.2, 0) is 0 Å². The summed E-state index contributed by atoms with van der Waals surface area (Å²) < 4.78 is 0.857. The van der Waals surface area contributed by atoms with E-state index in [4.69, 9.17) is 0 Å². The summed E-state index contributed by atoms with van der Waals surface area (Å²) in [6, 6.07) is 14.9. The van der Waals surface area contributed by atoms with Gasteiger partial charge >= 0.3 is 0 Å². The van der Waals surface area contributed by atoms with Gasteiger partial charge in [-0.1, -0.05) is 40.9 Å². The van der Waals surface area contributed by atoms with Crippen LogP contribution in [0.15, 0.2) is 53.0 Å². The summed E-state index contributed by atoms with van der Waals surface area (Å²) >= 11 is 3.38. The molecule has 1 saturated carbocycles. The highest BCUT2D eigenvalue weighted by atomic mass is 79.9. The number of likely N-dealkylation sites (tertiary alicyclic amines) is 1. The molecule has 2 atom stereocenters. The van der Waals surface area contributed by atoms with Crippen molar-refractivity contribution in [2.45, 2.75) is 38.1 Å². The van der Waals surface area contributed by atoms with Crippen LogP contribution in [-0.4, -0.2) is 29.3 Å². The first kappa shape index (κ1) is 18.2. The van der Waals surface area contributed by atoms with E-state index < -0.39 is 0 Å². The molecule has 1 aliphatic carbocycles. The van der Waals surface area contributed by atoms with Crippen LogP contribution in [0.2, 0.25) is 0 Å². The molecule has 5 heteroatoms. The quantitative estimate of drug-likeness (QED) is 0.741. The van der Waals surface area contributed by atoms with E-state index in [1.165, 1.54) is 19.3 Å². The molecule has 0 radical (unpaired) electrons. The number of benzene rings is 2. The minimum atomic E-state index is -0.186. The average molecular weight is 427 g/mol. The molecule has 4 rings (SSSR count). The number of anilines is 1. The third-order valence-corrected chi connectivity index (χ3v) is 6.22. The topological polar surface area (TPSA) is 49.4 Å². The highest BCUT2D eigenvalue weighted by Crippen LogP contribution is 2.37. The maximum atomic E-state index is 13.1. The Kier molecular flexibility index (Phi) is 5.30. The molecule has 2 aromatic rings. The molecule has 0 aromatic heterocycles. The minimum absolute atomic E-state index is 0.0861. The molecule has 2 aliphatic rings. The van der Waals surface area contributed by atoms with Crippen molar-refractivity contribution in [2.24, 2.45) is 5.92 Å². The van der Waals surface area contributed by atoms with Gasteiger partial charge in [0.05, 0.1) is 0 Å². The van der Waals surface area contributed by atoms with E-state index in [1.54, 1.807) is 18.2 Å². The van der Waals surface area contributed by atoms with Crippen molar-refractivity contribution in [3.63, 3.8) is 0 Å². The van der Waals surface area contributed by atoms with E-state index in [1.807, 2.05) is 30.3 Å². The molecule has 0 spiro atoms. The van der Waals surface area contributed by atoms with Crippen LogP contribution in [0.25, 0.3) is 0 Å². The fraction of sp³-hybridized carbons (Fsp3) is 0.364. The van der Waals surface area contributed by atoms with Crippen molar-refractivity contribution >= 4 is 33.4 Å². The van der Waals surface area contributed by atoms with Crippen molar-refractivity contribution in [1.82, 2.24) is 4.90 Å². The number of nitrogens with one attached hydrogen (secondary N) is 1. The summed E-state index contributed by atoms with van der Waals surface area (Å²) in [6.07, 6.45) is 6.00. The molecule has 1 saturated heterocycles. The second kappa shape index (κ2) is 7.85. The number of fused-ring (bicyclic) bond motifs is 1. The molecule has 1 N–H and O–H groups in total. The van der Waals surface area contributed by atoms with Crippen LogP contribution in [0.5, 0.6) is 0 Å². The lowest BCUT2D eigenvalue weighted by Crippen LogP contribution is -2.39. The fourth-order valence-electron chi connectivity index (χ4n) is 4.39. The standard InChI is InChI=1S/C22H23BrN2O2/c23-18-8-3-6-16(13-18)21(26)24-19-9-4-7-17(14-19)22(27)25-12-11-15-5-1-2-10-20(15)25/h3-4,6-9,13-15,20H,1-2,5,10-12H2,(H,24,26). The van der Waals surface area contributed by atoms with Crippen LogP contribution >= 0.6 is 15.9 Å². The molecule has 27 heavy (non-hydrogen) atoms. The Morgan fingerprint density at radius 2 is 1.74 bits per heavy atom. The highest BCUT2D eigenvalue weighted by molar-refractivity contribution is 9.10. The molecule has 0 bridgehead atoms. The molecule has 1 aliphatic heterocycles. The Labute approximate surface area is 168 Å². The minimum Gasteiger partial charge on any atom is -0.335 e. The van der Waals surface area contributed by atoms with Crippen LogP contribution < -0.4 is 5.32 Å². The van der Waals surface area contributed by atoms with Crippen LogP contribution in [0.4, 0.5) is 5.69 Å². The van der Waals surface area contributed by atoms with Gasteiger partial charge in [0, 0.05) is 33.9 Å². The lowest BCUT2D eigenvalue weighted by atomic mass is 9.85. The first-order valence-electron chi connectivity index (χ1n) is 9.60. The van der Waals surface area contributed by atoms with Gasteiger partial charge in [0.15, 0.2) is 0 Å². The summed E-state index contributed by atoms with van der Waals surface area (Å²) in [5, 5.41) is 2.90. The number of carbonyl (C=O) groups is 2. The number of carbonyl (C=O) groups excluding carboxylic acids is 2. The third-order valence-electron chi connectivity index (χ3n) is 5.73. The number of rotatable bonds is 3. The number of nitrogens with zero attached hydrogens (tertiary/aromatic N) is 1. The van der Waals surface area contributed by atoms with Crippen LogP contribution in [0.3, 0.4) is 0 Å². The zero-order valence-corrected chi connectivity index (χ0v) is 16.7. The molecular weight excluding hydrogens is 404 g/mol. The lowest BCUT2D eigenvalue weighted by Gasteiger charge is -2.31. The van der Waals surface area contributed by atoms with Gasteiger partial charge in [-0.05, 0) is 61.6 Å². The van der Waals surface area contributed by atoms with Gasteiger partial charge in [-0.2, -0.15) is 0 Å². The Hall–Kier alpha value is -2.14. The smallest absolute Gasteiger partial charge is 0.255 e. The molecule has 2 amide bonds. The summed E-state index contributed by atoms with van der Waals surface area (Å²) in [5.41, 5.74) is 1.86. The number of amides is 2. The van der Waals surface area contributed by atoms with Crippen molar-refractivity contribution < 1.29 is 9.59 Å². The zero-order chi connectivity index (χ0) is 18.8. The van der Waals surface area contributed by atoms with Crippen molar-refractivity contribution in [3.05, 3.63) is 64.1 Å². The van der Waals surface area contributed by atoms with Gasteiger partial charge in [-0.15, -0.1) is 0 Å². The summed E-state index contributed by atoms with van der Waals surface area (Å²) in [6.45, 7) is 0.850. The summed E-state index contributed by atoms with van der Waals surface area (Å²) in [4.78, 5) is 27.6. The highest BCUT2D eigenvalue weighted by Gasteiger charge is 2.38. The summed E-state index contributed by atoms with van der Waals surface area (Å²) in [5.74, 6) is 0.569. The second-order valence-electron chi connectivity index (χ2n) is 7.44. The fourth-order valence-corrected chi connectivity index (χ4v) is 4.79. The van der Waals surface area contributed by atoms with Gasteiger partial charge in [0.2, 0.25) is 0 Å². The predicted molar refractivity (Wildman–Crippen MR) is 110 cm³/mol. The number of hydrogen-bond acceptors (Lipinski definition) is 2. The van der Waals surface area contributed by atoms with E-state index in [2.05, 4.69) is 26.1 Å². The second-order valence-corrected chi connectivity index (χ2v) is 8.36. The Morgan fingerprint density at radius 3 is 2.59 bits per heavy atom. The van der Waals surface area contributed by atoms with Crippen molar-refractivity contribution in [3.8, 4) is 0 Å².